The van der Waals surface area contributed by atoms with Crippen LogP contribution in [0.2, 0.25) is 0 Å². The van der Waals surface area contributed by atoms with E-state index in [4.69, 9.17) is 4.74 Å². The number of benzene rings is 1. The van der Waals surface area contributed by atoms with Gasteiger partial charge < -0.3 is 4.74 Å². The third-order valence-electron chi connectivity index (χ3n) is 2.84. The number of H-pyrrole nitrogens is 1. The maximum Gasteiger partial charge on any atom is 0.439 e. The zero-order valence-corrected chi connectivity index (χ0v) is 12.9. The van der Waals surface area contributed by atoms with Gasteiger partial charge in [-0.15, -0.1) is 0 Å². The van der Waals surface area contributed by atoms with Crippen molar-refractivity contribution in [2.75, 3.05) is 32.0 Å². The monoisotopic (exact) mass is 328 g/mol. The summed E-state index contributed by atoms with van der Waals surface area (Å²) in [6.07, 6.45) is 0. The highest BCUT2D eigenvalue weighted by Crippen LogP contribution is 2.19. The van der Waals surface area contributed by atoms with Crippen molar-refractivity contribution in [1.82, 2.24) is 14.4 Å². The van der Waals surface area contributed by atoms with E-state index in [0.29, 0.717) is 11.3 Å². The van der Waals surface area contributed by atoms with E-state index in [1.165, 1.54) is 20.2 Å². The van der Waals surface area contributed by atoms with Crippen LogP contribution in [0.5, 0.6) is 0 Å². The van der Waals surface area contributed by atoms with Gasteiger partial charge in [-0.25, -0.2) is 4.79 Å². The number of aromatic nitrogens is 2. The van der Waals surface area contributed by atoms with Crippen molar-refractivity contribution in [3.05, 3.63) is 34.8 Å². The smallest absolute Gasteiger partial charge is 0.383 e. The van der Waals surface area contributed by atoms with Gasteiger partial charge in [0.25, 0.3) is 0 Å². The number of hydrogen-bond donors (Lipinski definition) is 2. The molecule has 120 valence electrons. The van der Waals surface area contributed by atoms with Crippen LogP contribution < -0.4 is 10.5 Å². The first-order valence-electron chi connectivity index (χ1n) is 6.32. The summed E-state index contributed by atoms with van der Waals surface area (Å²) in [6.45, 7) is 0.514. The number of anilines is 1. The Hall–Kier alpha value is -2.17. The fourth-order valence-corrected chi connectivity index (χ4v) is 2.55. The van der Waals surface area contributed by atoms with Gasteiger partial charge in [0.05, 0.1) is 12.3 Å². The second kappa shape index (κ2) is 6.73. The van der Waals surface area contributed by atoms with Gasteiger partial charge in [0.2, 0.25) is 0 Å². The molecular formula is C12H16N4O5S. The van der Waals surface area contributed by atoms with E-state index in [2.05, 4.69) is 19.4 Å². The zero-order chi connectivity index (χ0) is 16.2. The van der Waals surface area contributed by atoms with E-state index >= 15 is 0 Å². The van der Waals surface area contributed by atoms with Crippen LogP contribution in [-0.4, -0.2) is 50.2 Å². The number of nitrogens with zero attached hydrogens (tertiary/aromatic N) is 2. The number of nitrogens with one attached hydrogen (secondary N) is 2. The van der Waals surface area contributed by atoms with Crippen molar-refractivity contribution in [3.63, 3.8) is 0 Å². The molecule has 0 radical (unpaired) electrons. The maximum absolute atomic E-state index is 12.1. The Morgan fingerprint density at radius 1 is 1.45 bits per heavy atom. The molecule has 1 aromatic heterocycles. The molecule has 2 aromatic rings. The average molecular weight is 328 g/mol. The number of rotatable bonds is 7. The van der Waals surface area contributed by atoms with Crippen LogP contribution in [0.15, 0.2) is 33.6 Å². The predicted molar refractivity (Wildman–Crippen MR) is 79.6 cm³/mol. The van der Waals surface area contributed by atoms with Gasteiger partial charge in [-0.05, 0) is 12.1 Å². The molecule has 1 heterocycles. The Kier molecular flexibility index (Phi) is 4.96. The van der Waals surface area contributed by atoms with E-state index in [-0.39, 0.29) is 19.0 Å². The van der Waals surface area contributed by atoms with Crippen LogP contribution in [0.25, 0.3) is 11.4 Å². The van der Waals surface area contributed by atoms with Gasteiger partial charge in [0, 0.05) is 26.3 Å². The molecule has 0 amide bonds. The lowest BCUT2D eigenvalue weighted by atomic mass is 10.2. The van der Waals surface area contributed by atoms with Crippen LogP contribution >= 0.6 is 0 Å². The number of aromatic amines is 1. The quantitative estimate of drug-likeness (QED) is 0.753. The molecule has 0 fully saturated rings. The van der Waals surface area contributed by atoms with Crippen LogP contribution in [0.4, 0.5) is 5.69 Å². The molecule has 0 unspecified atom stereocenters. The molecule has 0 aliphatic rings. The van der Waals surface area contributed by atoms with Crippen molar-refractivity contribution in [1.29, 1.82) is 0 Å². The third-order valence-corrected chi connectivity index (χ3v) is 4.34. The molecule has 10 heteroatoms. The highest BCUT2D eigenvalue weighted by atomic mass is 32.2. The minimum absolute atomic E-state index is 0.221. The number of methoxy groups -OCH3 is 1. The Balaban J connectivity index is 2.18. The molecule has 0 spiro atoms. The molecular weight excluding hydrogens is 312 g/mol. The molecule has 0 aliphatic heterocycles. The van der Waals surface area contributed by atoms with E-state index < -0.39 is 16.0 Å². The van der Waals surface area contributed by atoms with E-state index in [1.807, 2.05) is 0 Å². The Labute approximate surface area is 127 Å². The zero-order valence-electron chi connectivity index (χ0n) is 12.1. The van der Waals surface area contributed by atoms with Crippen LogP contribution in [0.3, 0.4) is 0 Å². The summed E-state index contributed by atoms with van der Waals surface area (Å²) < 4.78 is 37.1. The molecule has 0 bridgehead atoms. The largest absolute Gasteiger partial charge is 0.439 e. The molecule has 0 saturated heterocycles. The van der Waals surface area contributed by atoms with E-state index in [9.17, 15) is 13.2 Å². The van der Waals surface area contributed by atoms with Gasteiger partial charge >= 0.3 is 16.0 Å². The molecule has 2 N–H and O–H groups in total. The number of likely N-dealkylation sites (N-methyl/N-ethyl adjacent to an activating group) is 1. The van der Waals surface area contributed by atoms with Gasteiger partial charge in [-0.3, -0.25) is 14.2 Å². The normalized spacial score (nSPS) is 11.8. The van der Waals surface area contributed by atoms with Crippen molar-refractivity contribution >= 4 is 15.9 Å². The van der Waals surface area contributed by atoms with Gasteiger partial charge in [-0.2, -0.15) is 12.7 Å². The first-order chi connectivity index (χ1) is 10.4. The minimum Gasteiger partial charge on any atom is -0.383 e. The molecule has 0 atom stereocenters. The summed E-state index contributed by atoms with van der Waals surface area (Å²) in [4.78, 5) is 13.3. The average Bonchev–Trinajstić information content (AvgIpc) is 2.91. The number of ether oxygens (including phenoxy) is 1. The summed E-state index contributed by atoms with van der Waals surface area (Å²) >= 11 is 0. The standard InChI is InChI=1S/C12H16N4O5S/c1-16(6-7-20-2)22(18,19)15-10-5-3-4-9(8-10)11-13-12(17)21-14-11/h3-5,8,15H,6-7H2,1-2H3,(H,13,14,17). The molecule has 0 saturated carbocycles. The lowest BCUT2D eigenvalue weighted by molar-refractivity contribution is 0.185. The Morgan fingerprint density at radius 3 is 2.86 bits per heavy atom. The molecule has 1 aromatic carbocycles. The summed E-state index contributed by atoms with van der Waals surface area (Å²) in [7, 11) is -0.751. The molecule has 0 aliphatic carbocycles. The fraction of sp³-hybridized carbons (Fsp3) is 0.333. The fourth-order valence-electron chi connectivity index (χ4n) is 1.65. The Morgan fingerprint density at radius 2 is 2.23 bits per heavy atom. The molecule has 2 rings (SSSR count). The van der Waals surface area contributed by atoms with E-state index in [1.54, 1.807) is 18.2 Å². The highest BCUT2D eigenvalue weighted by Gasteiger charge is 2.17. The second-order valence-electron chi connectivity index (χ2n) is 4.45. The van der Waals surface area contributed by atoms with Crippen LogP contribution in [0.1, 0.15) is 0 Å². The SMILES string of the molecule is COCCN(C)S(=O)(=O)Nc1cccc(-c2noc(=O)[nH]2)c1. The minimum atomic E-state index is -3.69. The Bertz CT molecular complexity index is 783. The second-order valence-corrected chi connectivity index (χ2v) is 6.22. The van der Waals surface area contributed by atoms with Crippen molar-refractivity contribution in [3.8, 4) is 11.4 Å². The highest BCUT2D eigenvalue weighted by molar-refractivity contribution is 7.90. The van der Waals surface area contributed by atoms with Crippen LogP contribution in [-0.2, 0) is 14.9 Å². The molecule has 22 heavy (non-hydrogen) atoms. The van der Waals surface area contributed by atoms with Crippen molar-refractivity contribution < 1.29 is 17.7 Å². The lowest BCUT2D eigenvalue weighted by Gasteiger charge is -2.18. The summed E-state index contributed by atoms with van der Waals surface area (Å²) in [5.41, 5.74) is 0.858. The van der Waals surface area contributed by atoms with Crippen molar-refractivity contribution in [2.45, 2.75) is 0 Å². The van der Waals surface area contributed by atoms with Gasteiger partial charge in [-0.1, -0.05) is 17.3 Å². The van der Waals surface area contributed by atoms with E-state index in [0.717, 1.165) is 4.31 Å². The topological polar surface area (TPSA) is 118 Å². The first kappa shape index (κ1) is 16.2. The van der Waals surface area contributed by atoms with Gasteiger partial charge in [0.15, 0.2) is 5.82 Å². The number of hydrogen-bond acceptors (Lipinski definition) is 6. The maximum atomic E-state index is 12.1. The lowest BCUT2D eigenvalue weighted by Crippen LogP contribution is -2.34. The van der Waals surface area contributed by atoms with Gasteiger partial charge in [0.1, 0.15) is 0 Å². The van der Waals surface area contributed by atoms with Crippen molar-refractivity contribution in [2.24, 2.45) is 0 Å². The summed E-state index contributed by atoms with van der Waals surface area (Å²) in [5.74, 6) is -0.459. The molecule has 9 nitrogen and oxygen atoms in total. The summed E-state index contributed by atoms with van der Waals surface area (Å²) in [5, 5.41) is 3.55. The predicted octanol–water partition coefficient (Wildman–Crippen LogP) is 0.265. The third kappa shape index (κ3) is 3.93. The summed E-state index contributed by atoms with van der Waals surface area (Å²) in [6, 6.07) is 6.43. The van der Waals surface area contributed by atoms with Crippen LogP contribution in [0, 0.1) is 0 Å². The first-order valence-corrected chi connectivity index (χ1v) is 7.76.